The third kappa shape index (κ3) is 4.14. The number of furan rings is 1. The molecule has 2 aliphatic carbocycles. The van der Waals surface area contributed by atoms with Crippen LogP contribution in [0.4, 0.5) is 17.1 Å². The first-order valence-electron chi connectivity index (χ1n) is 19.0. The van der Waals surface area contributed by atoms with E-state index in [-0.39, 0.29) is 0 Å². The largest absolute Gasteiger partial charge is 0.456 e. The van der Waals surface area contributed by atoms with Gasteiger partial charge in [0.15, 0.2) is 0 Å². The maximum absolute atomic E-state index is 6.26. The van der Waals surface area contributed by atoms with Gasteiger partial charge in [0.1, 0.15) is 11.2 Å². The van der Waals surface area contributed by atoms with Crippen molar-refractivity contribution in [3.8, 4) is 33.4 Å². The predicted octanol–water partition coefficient (Wildman–Crippen LogP) is 14.2. The molecule has 0 atom stereocenters. The van der Waals surface area contributed by atoms with E-state index in [4.69, 9.17) is 4.42 Å². The summed E-state index contributed by atoms with van der Waals surface area (Å²) in [7, 11) is 0. The molecule has 0 radical (unpaired) electrons. The Morgan fingerprint density at radius 1 is 0.345 bits per heavy atom. The molecule has 1 heterocycles. The van der Waals surface area contributed by atoms with Gasteiger partial charge in [0.25, 0.3) is 0 Å². The molecule has 0 fully saturated rings. The summed E-state index contributed by atoms with van der Waals surface area (Å²) < 4.78 is 6.26. The van der Waals surface area contributed by atoms with Crippen molar-refractivity contribution in [2.24, 2.45) is 0 Å². The van der Waals surface area contributed by atoms with Crippen molar-refractivity contribution in [3.63, 3.8) is 0 Å². The highest BCUT2D eigenvalue weighted by atomic mass is 16.3. The smallest absolute Gasteiger partial charge is 0.135 e. The zero-order chi connectivity index (χ0) is 36.1. The molecule has 9 aromatic carbocycles. The molecule has 0 saturated heterocycles. The van der Waals surface area contributed by atoms with Gasteiger partial charge in [-0.15, -0.1) is 0 Å². The summed E-state index contributed by atoms with van der Waals surface area (Å²) in [6, 6.07) is 73.4. The van der Waals surface area contributed by atoms with Crippen LogP contribution in [0.25, 0.3) is 66.1 Å². The first-order chi connectivity index (χ1) is 27.3. The molecular formula is C53H33NO. The van der Waals surface area contributed by atoms with Crippen molar-refractivity contribution in [2.75, 3.05) is 4.90 Å². The molecule has 0 N–H and O–H groups in total. The highest BCUT2D eigenvalue weighted by Gasteiger charge is 2.51. The van der Waals surface area contributed by atoms with E-state index in [2.05, 4.69) is 193 Å². The number of nitrogens with zero attached hydrogens (tertiary/aromatic N) is 1. The lowest BCUT2D eigenvalue weighted by molar-refractivity contribution is 0.669. The average molecular weight is 700 g/mol. The molecule has 2 nitrogen and oxygen atoms in total. The number of benzene rings is 9. The van der Waals surface area contributed by atoms with Crippen LogP contribution < -0.4 is 4.90 Å². The van der Waals surface area contributed by atoms with Gasteiger partial charge in [-0.05, 0) is 97.9 Å². The quantitative estimate of drug-likeness (QED) is 0.182. The van der Waals surface area contributed by atoms with Crippen molar-refractivity contribution in [1.29, 1.82) is 0 Å². The Hall–Kier alpha value is -7.16. The molecule has 12 rings (SSSR count). The zero-order valence-electron chi connectivity index (χ0n) is 29.9. The molecule has 2 heteroatoms. The van der Waals surface area contributed by atoms with Crippen LogP contribution in [0.2, 0.25) is 0 Å². The van der Waals surface area contributed by atoms with Crippen LogP contribution in [0, 0.1) is 0 Å². The van der Waals surface area contributed by atoms with Crippen LogP contribution in [-0.2, 0) is 5.41 Å². The summed E-state index contributed by atoms with van der Waals surface area (Å²) in [5.41, 5.74) is 17.6. The summed E-state index contributed by atoms with van der Waals surface area (Å²) in [6.07, 6.45) is 0. The maximum Gasteiger partial charge on any atom is 0.135 e. The van der Waals surface area contributed by atoms with Gasteiger partial charge in [0.05, 0.1) is 16.8 Å². The molecule has 0 bridgehead atoms. The van der Waals surface area contributed by atoms with Gasteiger partial charge >= 0.3 is 0 Å². The summed E-state index contributed by atoms with van der Waals surface area (Å²) in [5, 5.41) is 4.65. The van der Waals surface area contributed by atoms with Crippen molar-refractivity contribution in [1.82, 2.24) is 0 Å². The second-order valence-electron chi connectivity index (χ2n) is 14.8. The van der Waals surface area contributed by atoms with E-state index >= 15 is 0 Å². The number of anilines is 3. The van der Waals surface area contributed by atoms with Gasteiger partial charge in [-0.1, -0.05) is 158 Å². The summed E-state index contributed by atoms with van der Waals surface area (Å²) in [4.78, 5) is 2.49. The van der Waals surface area contributed by atoms with Gasteiger partial charge in [-0.3, -0.25) is 0 Å². The monoisotopic (exact) mass is 699 g/mol. The summed E-state index contributed by atoms with van der Waals surface area (Å²) in [6.45, 7) is 0. The normalized spacial score (nSPS) is 13.2. The molecular weight excluding hydrogens is 667 g/mol. The van der Waals surface area contributed by atoms with E-state index in [9.17, 15) is 0 Å². The minimum Gasteiger partial charge on any atom is -0.456 e. The van der Waals surface area contributed by atoms with Crippen LogP contribution in [-0.4, -0.2) is 0 Å². The fourth-order valence-corrected chi connectivity index (χ4v) is 9.84. The van der Waals surface area contributed by atoms with Gasteiger partial charge < -0.3 is 9.32 Å². The van der Waals surface area contributed by atoms with E-state index in [0.29, 0.717) is 0 Å². The Balaban J connectivity index is 1.15. The maximum atomic E-state index is 6.26. The first kappa shape index (κ1) is 30.3. The van der Waals surface area contributed by atoms with Crippen LogP contribution in [0.15, 0.2) is 205 Å². The molecule has 1 spiro atoms. The number of hydrogen-bond acceptors (Lipinski definition) is 2. The lowest BCUT2D eigenvalue weighted by atomic mass is 9.70. The minimum atomic E-state index is -0.438. The van der Waals surface area contributed by atoms with Crippen LogP contribution in [0.5, 0.6) is 0 Å². The lowest BCUT2D eigenvalue weighted by Gasteiger charge is -2.33. The van der Waals surface area contributed by atoms with Crippen LogP contribution in [0.1, 0.15) is 22.3 Å². The van der Waals surface area contributed by atoms with Gasteiger partial charge in [-0.25, -0.2) is 0 Å². The molecule has 0 unspecified atom stereocenters. The van der Waals surface area contributed by atoms with E-state index < -0.39 is 5.41 Å². The zero-order valence-corrected chi connectivity index (χ0v) is 29.9. The Kier molecular flexibility index (Phi) is 6.29. The molecule has 10 aromatic rings. The van der Waals surface area contributed by atoms with Gasteiger partial charge in [0.2, 0.25) is 0 Å². The van der Waals surface area contributed by atoms with Crippen molar-refractivity contribution < 1.29 is 4.42 Å². The molecule has 0 saturated carbocycles. The molecule has 0 aliphatic heterocycles. The van der Waals surface area contributed by atoms with E-state index in [1.165, 1.54) is 55.3 Å². The molecule has 2 aliphatic rings. The highest BCUT2D eigenvalue weighted by molar-refractivity contribution is 6.08. The highest BCUT2D eigenvalue weighted by Crippen LogP contribution is 2.63. The third-order valence-electron chi connectivity index (χ3n) is 12.1. The Labute approximate surface area is 319 Å². The fraction of sp³-hybridized carbons (Fsp3) is 0.0189. The standard InChI is InChI=1S/C53H33NO/c1-2-16-37-34(14-1)15-13-26-50(37)54(49-25-11-6-17-38(49)35-28-31-52-44(32-35)43-21-7-12-27-51(43)55-52)36-29-30-42-41-20-5-10-24-47(41)53(48(42)33-36)45-22-8-3-18-39(45)40-19-4-9-23-46(40)53/h1-33H. The number of fused-ring (bicyclic) bond motifs is 14. The van der Waals surface area contributed by atoms with E-state index in [1.807, 2.05) is 12.1 Å². The number of para-hydroxylation sites is 2. The lowest BCUT2D eigenvalue weighted by Crippen LogP contribution is -2.26. The fourth-order valence-electron chi connectivity index (χ4n) is 9.84. The molecule has 0 amide bonds. The van der Waals surface area contributed by atoms with Crippen LogP contribution in [0.3, 0.4) is 0 Å². The summed E-state index contributed by atoms with van der Waals surface area (Å²) in [5.74, 6) is 0. The molecule has 256 valence electrons. The molecule has 55 heavy (non-hydrogen) atoms. The van der Waals surface area contributed by atoms with E-state index in [1.54, 1.807) is 0 Å². The van der Waals surface area contributed by atoms with Gasteiger partial charge in [-0.2, -0.15) is 0 Å². The minimum absolute atomic E-state index is 0.438. The number of rotatable bonds is 4. The second kappa shape index (κ2) is 11.4. The Morgan fingerprint density at radius 2 is 0.891 bits per heavy atom. The first-order valence-corrected chi connectivity index (χ1v) is 19.0. The van der Waals surface area contributed by atoms with E-state index in [0.717, 1.165) is 50.1 Å². The third-order valence-corrected chi connectivity index (χ3v) is 12.1. The van der Waals surface area contributed by atoms with Crippen molar-refractivity contribution in [3.05, 3.63) is 222 Å². The van der Waals surface area contributed by atoms with Crippen molar-refractivity contribution >= 4 is 49.8 Å². The molecule has 1 aromatic heterocycles. The summed E-state index contributed by atoms with van der Waals surface area (Å²) >= 11 is 0. The van der Waals surface area contributed by atoms with Gasteiger partial charge in [0, 0.05) is 27.4 Å². The Morgan fingerprint density at radius 3 is 1.64 bits per heavy atom. The SMILES string of the molecule is c1ccc(N(c2ccc3c(c2)C2(c4ccccc4-c4ccccc42)c2ccccc2-3)c2cccc3ccccc23)c(-c2ccc3oc4ccccc4c3c2)c1. The average Bonchev–Trinajstić information content (AvgIpc) is 3.88. The topological polar surface area (TPSA) is 16.4 Å². The Bertz CT molecular complexity index is 3120. The number of hydrogen-bond donors (Lipinski definition) is 0. The van der Waals surface area contributed by atoms with Crippen LogP contribution >= 0.6 is 0 Å². The van der Waals surface area contributed by atoms with Crippen molar-refractivity contribution in [2.45, 2.75) is 5.41 Å². The predicted molar refractivity (Wildman–Crippen MR) is 228 cm³/mol. The second-order valence-corrected chi connectivity index (χ2v) is 14.8.